The third-order valence-electron chi connectivity index (χ3n) is 5.46. The number of nitrogens with one attached hydrogen (secondary N) is 1. The lowest BCUT2D eigenvalue weighted by Gasteiger charge is -2.15. The van der Waals surface area contributed by atoms with E-state index in [1.54, 1.807) is 24.3 Å². The van der Waals surface area contributed by atoms with Crippen molar-refractivity contribution in [3.63, 3.8) is 0 Å². The Balaban J connectivity index is 1.34. The van der Waals surface area contributed by atoms with Crippen molar-refractivity contribution in [3.05, 3.63) is 64.5 Å². The predicted octanol–water partition coefficient (Wildman–Crippen LogP) is 3.62. The normalized spacial score (nSPS) is 19.8. The lowest BCUT2D eigenvalue weighted by atomic mass is 10.1. The summed E-state index contributed by atoms with van der Waals surface area (Å²) in [5.74, 6) is -0.258. The number of imidazole rings is 1. The molecule has 7 heteroatoms. The molecule has 1 fully saturated rings. The van der Waals surface area contributed by atoms with Gasteiger partial charge >= 0.3 is 5.97 Å². The third kappa shape index (κ3) is 4.31. The van der Waals surface area contributed by atoms with Crippen molar-refractivity contribution in [3.8, 4) is 0 Å². The van der Waals surface area contributed by atoms with E-state index >= 15 is 0 Å². The van der Waals surface area contributed by atoms with Crippen LogP contribution in [0.5, 0.6) is 0 Å². The quantitative estimate of drug-likeness (QED) is 0.664. The maximum atomic E-state index is 14.4. The number of carboxylic acids is 1. The van der Waals surface area contributed by atoms with Gasteiger partial charge in [-0.2, -0.15) is 0 Å². The molecular weight excluding hydrogens is 373 g/mol. The minimum absolute atomic E-state index is 0.235. The van der Waals surface area contributed by atoms with E-state index in [0.717, 1.165) is 16.6 Å². The smallest absolute Gasteiger partial charge is 0.335 e. The third-order valence-corrected chi connectivity index (χ3v) is 5.46. The van der Waals surface area contributed by atoms with Gasteiger partial charge in [0.2, 0.25) is 0 Å². The molecule has 6 nitrogen and oxygen atoms in total. The largest absolute Gasteiger partial charge is 0.478 e. The number of aromatic nitrogens is 2. The molecule has 1 aromatic heterocycles. The fourth-order valence-electron chi connectivity index (χ4n) is 3.68. The second-order valence-corrected chi connectivity index (χ2v) is 7.70. The molecule has 1 saturated heterocycles. The van der Waals surface area contributed by atoms with Crippen LogP contribution in [0.2, 0.25) is 0 Å². The maximum absolute atomic E-state index is 14.4. The van der Waals surface area contributed by atoms with Gasteiger partial charge in [-0.15, -0.1) is 0 Å². The molecular formula is C22H24FN3O3. The minimum Gasteiger partial charge on any atom is -0.478 e. The molecule has 3 aromatic rings. The van der Waals surface area contributed by atoms with Gasteiger partial charge in [0.25, 0.3) is 0 Å². The average Bonchev–Trinajstić information content (AvgIpc) is 3.23. The molecule has 0 aliphatic carbocycles. The van der Waals surface area contributed by atoms with Crippen LogP contribution in [-0.4, -0.2) is 51.3 Å². The van der Waals surface area contributed by atoms with Gasteiger partial charge in [0.05, 0.1) is 16.6 Å². The van der Waals surface area contributed by atoms with Crippen molar-refractivity contribution < 1.29 is 19.0 Å². The number of nitrogens with zero attached hydrogens (tertiary/aromatic N) is 2. The molecule has 152 valence electrons. The Morgan fingerprint density at radius 2 is 1.97 bits per heavy atom. The number of H-pyrrole nitrogens is 1. The molecule has 0 radical (unpaired) electrons. The van der Waals surface area contributed by atoms with Gasteiger partial charge in [-0.1, -0.05) is 12.1 Å². The maximum Gasteiger partial charge on any atom is 0.335 e. The number of aryl methyl sites for hydroxylation is 2. The van der Waals surface area contributed by atoms with Gasteiger partial charge in [-0.3, -0.25) is 4.90 Å². The molecule has 0 bridgehead atoms. The summed E-state index contributed by atoms with van der Waals surface area (Å²) in [6, 6.07) is 10.8. The summed E-state index contributed by atoms with van der Waals surface area (Å²) in [6.07, 6.45) is -1.58. The van der Waals surface area contributed by atoms with Crippen molar-refractivity contribution in [1.29, 1.82) is 0 Å². The summed E-state index contributed by atoms with van der Waals surface area (Å²) in [5, 5.41) is 8.97. The Morgan fingerprint density at radius 1 is 1.24 bits per heavy atom. The van der Waals surface area contributed by atoms with Gasteiger partial charge in [-0.05, 0) is 54.8 Å². The predicted molar refractivity (Wildman–Crippen MR) is 108 cm³/mol. The van der Waals surface area contributed by atoms with E-state index in [9.17, 15) is 9.18 Å². The summed E-state index contributed by atoms with van der Waals surface area (Å²) >= 11 is 0. The highest BCUT2D eigenvalue weighted by atomic mass is 19.1. The lowest BCUT2D eigenvalue weighted by Crippen LogP contribution is -2.24. The van der Waals surface area contributed by atoms with Gasteiger partial charge in [0, 0.05) is 19.6 Å². The Morgan fingerprint density at radius 3 is 2.69 bits per heavy atom. The number of hydrogen-bond acceptors (Lipinski definition) is 4. The zero-order chi connectivity index (χ0) is 20.5. The molecule has 2 atom stereocenters. The van der Waals surface area contributed by atoms with Gasteiger partial charge in [0.1, 0.15) is 24.7 Å². The van der Waals surface area contributed by atoms with Gasteiger partial charge < -0.3 is 14.8 Å². The van der Waals surface area contributed by atoms with Crippen LogP contribution in [-0.2, 0) is 17.9 Å². The molecule has 29 heavy (non-hydrogen) atoms. The number of benzene rings is 2. The van der Waals surface area contributed by atoms with Crippen LogP contribution in [0.1, 0.15) is 32.9 Å². The zero-order valence-electron chi connectivity index (χ0n) is 16.5. The second-order valence-electron chi connectivity index (χ2n) is 7.70. The highest BCUT2D eigenvalue weighted by molar-refractivity contribution is 5.87. The molecule has 1 aliphatic rings. The number of aromatic carboxylic acids is 1. The first-order valence-electron chi connectivity index (χ1n) is 9.65. The number of aromatic amines is 1. The van der Waals surface area contributed by atoms with Crippen molar-refractivity contribution in [2.24, 2.45) is 0 Å². The first kappa shape index (κ1) is 19.5. The summed E-state index contributed by atoms with van der Waals surface area (Å²) in [6.45, 7) is 5.68. The number of rotatable bonds is 6. The van der Waals surface area contributed by atoms with E-state index in [2.05, 4.69) is 29.9 Å². The van der Waals surface area contributed by atoms with Crippen molar-refractivity contribution in [2.75, 3.05) is 13.1 Å². The lowest BCUT2D eigenvalue weighted by molar-refractivity contribution is 0.00864. The Kier molecular flexibility index (Phi) is 5.34. The number of fused-ring (bicyclic) bond motifs is 1. The van der Waals surface area contributed by atoms with E-state index in [0.29, 0.717) is 25.5 Å². The van der Waals surface area contributed by atoms with Crippen molar-refractivity contribution in [1.82, 2.24) is 14.9 Å². The Hall–Kier alpha value is -2.77. The summed E-state index contributed by atoms with van der Waals surface area (Å²) < 4.78 is 20.3. The van der Waals surface area contributed by atoms with Crippen LogP contribution in [0.15, 0.2) is 36.4 Å². The molecule has 0 spiro atoms. The molecule has 2 N–H and O–H groups in total. The number of alkyl halides is 1. The van der Waals surface area contributed by atoms with E-state index in [1.807, 2.05) is 11.0 Å². The number of carboxylic acid groups (broad SMARTS) is 1. The summed E-state index contributed by atoms with van der Waals surface area (Å²) in [5.41, 5.74) is 5.42. The van der Waals surface area contributed by atoms with Crippen LogP contribution in [0.4, 0.5) is 4.39 Å². The molecule has 2 heterocycles. The van der Waals surface area contributed by atoms with Crippen molar-refractivity contribution in [2.45, 2.75) is 39.3 Å². The Bertz CT molecular complexity index is 993. The van der Waals surface area contributed by atoms with Gasteiger partial charge in [-0.25, -0.2) is 14.2 Å². The van der Waals surface area contributed by atoms with Crippen LogP contribution in [0.25, 0.3) is 11.0 Å². The SMILES string of the molecule is Cc1cc2nc(COC3CN(Cc4ccc(C(=O)O)cc4)CC3F)[nH]c2cc1C. The molecule has 1 aliphatic heterocycles. The average molecular weight is 397 g/mol. The number of likely N-dealkylation sites (tertiary alicyclic amines) is 1. The molecule has 2 aromatic carbocycles. The summed E-state index contributed by atoms with van der Waals surface area (Å²) in [4.78, 5) is 20.7. The number of hydrogen-bond donors (Lipinski definition) is 2. The Labute approximate surface area is 168 Å². The van der Waals surface area contributed by atoms with Crippen LogP contribution >= 0.6 is 0 Å². The highest BCUT2D eigenvalue weighted by Crippen LogP contribution is 2.22. The molecule has 0 amide bonds. The van der Waals surface area contributed by atoms with E-state index < -0.39 is 18.2 Å². The number of ether oxygens (including phenoxy) is 1. The second kappa shape index (κ2) is 7.93. The minimum atomic E-state index is -1.07. The monoisotopic (exact) mass is 397 g/mol. The molecule has 0 saturated carbocycles. The first-order valence-corrected chi connectivity index (χ1v) is 9.65. The van der Waals surface area contributed by atoms with E-state index in [4.69, 9.17) is 9.84 Å². The molecule has 2 unspecified atom stereocenters. The van der Waals surface area contributed by atoms with Crippen LogP contribution in [0.3, 0.4) is 0 Å². The highest BCUT2D eigenvalue weighted by Gasteiger charge is 2.33. The fraction of sp³-hybridized carbons (Fsp3) is 0.364. The zero-order valence-corrected chi connectivity index (χ0v) is 16.5. The standard InChI is InChI=1S/C22H24FN3O3/c1-13-7-18-19(8-14(13)2)25-21(24-18)12-29-20-11-26(10-17(20)23)9-15-3-5-16(6-4-15)22(27)28/h3-8,17,20H,9-12H2,1-2H3,(H,24,25)(H,27,28). The molecule has 4 rings (SSSR count). The van der Waals surface area contributed by atoms with Crippen LogP contribution in [0, 0.1) is 13.8 Å². The number of carbonyl (C=O) groups is 1. The first-order chi connectivity index (χ1) is 13.9. The van der Waals surface area contributed by atoms with Crippen LogP contribution < -0.4 is 0 Å². The topological polar surface area (TPSA) is 78.4 Å². The summed E-state index contributed by atoms with van der Waals surface area (Å²) in [7, 11) is 0. The van der Waals surface area contributed by atoms with Gasteiger partial charge in [0.15, 0.2) is 0 Å². The van der Waals surface area contributed by atoms with Crippen molar-refractivity contribution >= 4 is 17.0 Å². The van der Waals surface area contributed by atoms with E-state index in [-0.39, 0.29) is 12.2 Å². The fourth-order valence-corrected chi connectivity index (χ4v) is 3.68. The van der Waals surface area contributed by atoms with E-state index in [1.165, 1.54) is 11.1 Å². The number of halogens is 1.